The van der Waals surface area contributed by atoms with Crippen LogP contribution in [-0.2, 0) is 4.79 Å². The summed E-state index contributed by atoms with van der Waals surface area (Å²) in [6.07, 6.45) is 9.84. The third-order valence-electron chi connectivity index (χ3n) is 7.55. The normalized spacial score (nSPS) is 22.8. The van der Waals surface area contributed by atoms with E-state index in [4.69, 9.17) is 9.26 Å². The number of carbonyl (C=O) groups is 1. The molecular weight excluding hydrogens is 406 g/mol. The zero-order chi connectivity index (χ0) is 21.9. The highest BCUT2D eigenvalue weighted by Crippen LogP contribution is 2.45. The number of rotatable bonds is 5. The number of pyridine rings is 1. The molecule has 0 radical (unpaired) electrons. The Hall–Kier alpha value is -2.87. The molecule has 8 heteroatoms. The molecular formula is C24H29N5O3. The molecule has 168 valence electrons. The van der Waals surface area contributed by atoms with Crippen LogP contribution in [0.4, 0.5) is 5.82 Å². The third-order valence-corrected chi connectivity index (χ3v) is 7.55. The van der Waals surface area contributed by atoms with Crippen molar-refractivity contribution >= 4 is 17.2 Å². The molecule has 8 nitrogen and oxygen atoms in total. The minimum absolute atomic E-state index is 0.0570. The SMILES string of the molecule is Cc1onc(OC2CCN(C)C3(CCC3)C2)c1-c1ccn2nc(NC(=O)C3CC3)cc2c1. The number of nitrogens with one attached hydrogen (secondary N) is 1. The molecule has 32 heavy (non-hydrogen) atoms. The molecule has 4 heterocycles. The Morgan fingerprint density at radius 3 is 2.88 bits per heavy atom. The Balaban J connectivity index is 1.25. The number of hydrogen-bond acceptors (Lipinski definition) is 6. The maximum atomic E-state index is 12.1. The van der Waals surface area contributed by atoms with Crippen molar-refractivity contribution in [3.8, 4) is 17.0 Å². The number of anilines is 1. The summed E-state index contributed by atoms with van der Waals surface area (Å²) in [5, 5.41) is 11.6. The summed E-state index contributed by atoms with van der Waals surface area (Å²) in [4.78, 5) is 14.6. The van der Waals surface area contributed by atoms with E-state index in [0.717, 1.165) is 54.6 Å². The number of nitrogens with zero attached hydrogens (tertiary/aromatic N) is 4. The lowest BCUT2D eigenvalue weighted by Crippen LogP contribution is -2.58. The quantitative estimate of drug-likeness (QED) is 0.651. The second-order valence-electron chi connectivity index (χ2n) is 9.73. The Bertz CT molecular complexity index is 1170. The third kappa shape index (κ3) is 3.37. The standard InChI is InChI=1S/C24H29N5O3/c1-15-21(23(27-32-15)31-19-7-10-28(2)24(14-19)8-3-9-24)17-6-11-29-18(12-17)13-20(26-29)25-22(30)16-4-5-16/h6,11-13,16,19H,3-5,7-10,14H2,1-2H3,(H,25,26,30). The van der Waals surface area contributed by atoms with E-state index in [1.165, 1.54) is 19.3 Å². The van der Waals surface area contributed by atoms with Crippen molar-refractivity contribution in [2.45, 2.75) is 63.5 Å². The number of aryl methyl sites for hydroxylation is 1. The van der Waals surface area contributed by atoms with Gasteiger partial charge < -0.3 is 19.5 Å². The van der Waals surface area contributed by atoms with Crippen LogP contribution in [0.2, 0.25) is 0 Å². The van der Waals surface area contributed by atoms with E-state index in [1.54, 1.807) is 4.52 Å². The fourth-order valence-electron chi connectivity index (χ4n) is 5.23. The van der Waals surface area contributed by atoms with Gasteiger partial charge in [-0.15, -0.1) is 0 Å². The summed E-state index contributed by atoms with van der Waals surface area (Å²) >= 11 is 0. The van der Waals surface area contributed by atoms with Gasteiger partial charge in [-0.3, -0.25) is 4.79 Å². The predicted octanol–water partition coefficient (Wildman–Crippen LogP) is 4.04. The monoisotopic (exact) mass is 435 g/mol. The molecule has 6 rings (SSSR count). The van der Waals surface area contributed by atoms with Crippen LogP contribution >= 0.6 is 0 Å². The van der Waals surface area contributed by atoms with E-state index < -0.39 is 0 Å². The highest BCUT2D eigenvalue weighted by Gasteiger charge is 2.45. The molecule has 2 aliphatic carbocycles. The van der Waals surface area contributed by atoms with Crippen molar-refractivity contribution in [1.82, 2.24) is 19.7 Å². The summed E-state index contributed by atoms with van der Waals surface area (Å²) in [5.41, 5.74) is 3.06. The molecule has 1 aliphatic heterocycles. The van der Waals surface area contributed by atoms with Gasteiger partial charge in [0.1, 0.15) is 11.9 Å². The largest absolute Gasteiger partial charge is 0.472 e. The molecule has 3 aromatic heterocycles. The molecule has 1 atom stereocenters. The van der Waals surface area contributed by atoms with Gasteiger partial charge in [0.15, 0.2) is 5.82 Å². The van der Waals surface area contributed by atoms with Crippen LogP contribution in [0.1, 0.15) is 50.7 Å². The molecule has 1 spiro atoms. The highest BCUT2D eigenvalue weighted by atomic mass is 16.5. The zero-order valence-corrected chi connectivity index (χ0v) is 18.6. The van der Waals surface area contributed by atoms with Gasteiger partial charge in [0.25, 0.3) is 5.88 Å². The first-order valence-electron chi connectivity index (χ1n) is 11.7. The van der Waals surface area contributed by atoms with Crippen molar-refractivity contribution in [2.24, 2.45) is 5.92 Å². The van der Waals surface area contributed by atoms with Gasteiger partial charge in [0.2, 0.25) is 5.91 Å². The smallest absolute Gasteiger partial charge is 0.262 e. The van der Waals surface area contributed by atoms with Crippen molar-refractivity contribution in [3.05, 3.63) is 30.2 Å². The van der Waals surface area contributed by atoms with Gasteiger partial charge in [-0.25, -0.2) is 4.52 Å². The van der Waals surface area contributed by atoms with E-state index in [2.05, 4.69) is 27.5 Å². The summed E-state index contributed by atoms with van der Waals surface area (Å²) in [5.74, 6) is 2.08. The van der Waals surface area contributed by atoms with Crippen LogP contribution < -0.4 is 10.1 Å². The lowest BCUT2D eigenvalue weighted by atomic mass is 9.69. The molecule has 1 saturated heterocycles. The van der Waals surface area contributed by atoms with E-state index in [-0.39, 0.29) is 17.9 Å². The van der Waals surface area contributed by atoms with Crippen molar-refractivity contribution in [3.63, 3.8) is 0 Å². The number of ether oxygens (including phenoxy) is 1. The van der Waals surface area contributed by atoms with Gasteiger partial charge >= 0.3 is 0 Å². The van der Waals surface area contributed by atoms with Gasteiger partial charge in [-0.2, -0.15) is 5.10 Å². The Morgan fingerprint density at radius 1 is 1.28 bits per heavy atom. The first-order valence-corrected chi connectivity index (χ1v) is 11.7. The molecule has 3 aromatic rings. The van der Waals surface area contributed by atoms with Crippen LogP contribution in [0, 0.1) is 12.8 Å². The minimum atomic E-state index is 0.0570. The van der Waals surface area contributed by atoms with E-state index in [0.29, 0.717) is 17.2 Å². The lowest BCUT2D eigenvalue weighted by molar-refractivity contribution is -0.117. The number of aromatic nitrogens is 3. The molecule has 0 bridgehead atoms. The average molecular weight is 436 g/mol. The maximum Gasteiger partial charge on any atom is 0.262 e. The molecule has 3 aliphatic rings. The fourth-order valence-corrected chi connectivity index (χ4v) is 5.23. The number of likely N-dealkylation sites (tertiary alicyclic amines) is 1. The van der Waals surface area contributed by atoms with Crippen molar-refractivity contribution < 1.29 is 14.1 Å². The van der Waals surface area contributed by atoms with Crippen LogP contribution in [-0.4, -0.2) is 50.8 Å². The van der Waals surface area contributed by atoms with E-state index in [9.17, 15) is 4.79 Å². The highest BCUT2D eigenvalue weighted by molar-refractivity contribution is 5.93. The van der Waals surface area contributed by atoms with Crippen LogP contribution in [0.3, 0.4) is 0 Å². The molecule has 0 aromatic carbocycles. The van der Waals surface area contributed by atoms with Crippen LogP contribution in [0.25, 0.3) is 16.6 Å². The summed E-state index contributed by atoms with van der Waals surface area (Å²) in [6.45, 7) is 2.97. The molecule has 1 amide bonds. The van der Waals surface area contributed by atoms with Crippen molar-refractivity contribution in [1.29, 1.82) is 0 Å². The minimum Gasteiger partial charge on any atom is -0.472 e. The number of piperidine rings is 1. The Kier molecular flexibility index (Phi) is 4.54. The molecule has 3 fully saturated rings. The summed E-state index contributed by atoms with van der Waals surface area (Å²) in [7, 11) is 2.24. The van der Waals surface area contributed by atoms with Gasteiger partial charge in [0, 0.05) is 36.7 Å². The number of carbonyl (C=O) groups excluding carboxylic acids is 1. The molecule has 1 unspecified atom stereocenters. The topological polar surface area (TPSA) is 84.9 Å². The van der Waals surface area contributed by atoms with Crippen molar-refractivity contribution in [2.75, 3.05) is 18.9 Å². The first-order chi connectivity index (χ1) is 15.5. The van der Waals surface area contributed by atoms with E-state index in [1.807, 2.05) is 31.3 Å². The summed E-state index contributed by atoms with van der Waals surface area (Å²) in [6, 6.07) is 5.92. The predicted molar refractivity (Wildman–Crippen MR) is 120 cm³/mol. The lowest BCUT2D eigenvalue weighted by Gasteiger charge is -2.53. The zero-order valence-electron chi connectivity index (χ0n) is 18.6. The van der Waals surface area contributed by atoms with Gasteiger partial charge in [-0.1, -0.05) is 0 Å². The fraction of sp³-hybridized carbons (Fsp3) is 0.542. The second kappa shape index (κ2) is 7.33. The van der Waals surface area contributed by atoms with Gasteiger partial charge in [-0.05, 0) is 75.3 Å². The first kappa shape index (κ1) is 19.8. The Morgan fingerprint density at radius 2 is 2.12 bits per heavy atom. The number of hydrogen-bond donors (Lipinski definition) is 1. The summed E-state index contributed by atoms with van der Waals surface area (Å²) < 4.78 is 13.7. The molecule has 1 N–H and O–H groups in total. The van der Waals surface area contributed by atoms with Crippen LogP contribution in [0.5, 0.6) is 5.88 Å². The van der Waals surface area contributed by atoms with Crippen LogP contribution in [0.15, 0.2) is 28.9 Å². The Labute approximate surface area is 186 Å². The van der Waals surface area contributed by atoms with Gasteiger partial charge in [0.05, 0.1) is 11.1 Å². The second-order valence-corrected chi connectivity index (χ2v) is 9.73. The maximum absolute atomic E-state index is 12.1. The number of fused-ring (bicyclic) bond motifs is 1. The van der Waals surface area contributed by atoms with E-state index >= 15 is 0 Å². The molecule has 2 saturated carbocycles. The number of amides is 1. The average Bonchev–Trinajstić information content (AvgIpc) is 3.44.